The van der Waals surface area contributed by atoms with E-state index in [1.807, 2.05) is 24.3 Å². The average molecular weight is 285 g/mol. The SMILES string of the molecule is Nc1cc(C(=O)NCC2CCCCO2)c2ccccc2n1. The van der Waals surface area contributed by atoms with Crippen molar-refractivity contribution in [1.29, 1.82) is 0 Å². The highest BCUT2D eigenvalue weighted by atomic mass is 16.5. The van der Waals surface area contributed by atoms with Crippen LogP contribution in [0, 0.1) is 0 Å². The van der Waals surface area contributed by atoms with Gasteiger partial charge < -0.3 is 15.8 Å². The predicted molar refractivity (Wildman–Crippen MR) is 82.1 cm³/mol. The zero-order valence-corrected chi connectivity index (χ0v) is 11.8. The van der Waals surface area contributed by atoms with Crippen molar-refractivity contribution < 1.29 is 9.53 Å². The first-order valence-electron chi connectivity index (χ1n) is 7.29. The Morgan fingerprint density at radius 2 is 2.24 bits per heavy atom. The van der Waals surface area contributed by atoms with Crippen LogP contribution in [-0.2, 0) is 4.74 Å². The Kier molecular flexibility index (Phi) is 4.01. The van der Waals surface area contributed by atoms with E-state index in [1.165, 1.54) is 0 Å². The summed E-state index contributed by atoms with van der Waals surface area (Å²) in [5.41, 5.74) is 7.08. The molecular formula is C16H19N3O2. The maximum absolute atomic E-state index is 12.4. The summed E-state index contributed by atoms with van der Waals surface area (Å²) in [6, 6.07) is 9.13. The van der Waals surface area contributed by atoms with Gasteiger partial charge in [-0.1, -0.05) is 18.2 Å². The molecule has 1 aliphatic heterocycles. The molecule has 5 nitrogen and oxygen atoms in total. The number of fused-ring (bicyclic) bond motifs is 1. The van der Waals surface area contributed by atoms with Crippen LogP contribution in [0.1, 0.15) is 29.6 Å². The van der Waals surface area contributed by atoms with Crippen LogP contribution in [0.25, 0.3) is 10.9 Å². The van der Waals surface area contributed by atoms with Crippen LogP contribution in [0.15, 0.2) is 30.3 Å². The lowest BCUT2D eigenvalue weighted by Gasteiger charge is -2.22. The summed E-state index contributed by atoms with van der Waals surface area (Å²) in [6.07, 6.45) is 3.38. The fourth-order valence-electron chi connectivity index (χ4n) is 2.65. The van der Waals surface area contributed by atoms with E-state index in [-0.39, 0.29) is 12.0 Å². The van der Waals surface area contributed by atoms with Gasteiger partial charge in [0.1, 0.15) is 5.82 Å². The smallest absolute Gasteiger partial charge is 0.252 e. The van der Waals surface area contributed by atoms with Gasteiger partial charge in [0, 0.05) is 18.5 Å². The molecule has 0 saturated carbocycles. The number of rotatable bonds is 3. The molecule has 1 saturated heterocycles. The van der Waals surface area contributed by atoms with Crippen molar-refractivity contribution in [2.45, 2.75) is 25.4 Å². The first-order valence-corrected chi connectivity index (χ1v) is 7.29. The van der Waals surface area contributed by atoms with Crippen LogP contribution in [0.3, 0.4) is 0 Å². The van der Waals surface area contributed by atoms with E-state index in [0.717, 1.165) is 36.8 Å². The molecule has 0 bridgehead atoms. The van der Waals surface area contributed by atoms with E-state index >= 15 is 0 Å². The largest absolute Gasteiger partial charge is 0.384 e. The molecule has 1 unspecified atom stereocenters. The highest BCUT2D eigenvalue weighted by Gasteiger charge is 2.17. The Labute approximate surface area is 123 Å². The third-order valence-electron chi connectivity index (χ3n) is 3.74. The van der Waals surface area contributed by atoms with E-state index < -0.39 is 0 Å². The van der Waals surface area contributed by atoms with Crippen LogP contribution in [0.5, 0.6) is 0 Å². The van der Waals surface area contributed by atoms with Gasteiger partial charge in [-0.3, -0.25) is 4.79 Å². The molecule has 0 aliphatic carbocycles. The quantitative estimate of drug-likeness (QED) is 0.905. The number of hydrogen-bond donors (Lipinski definition) is 2. The summed E-state index contributed by atoms with van der Waals surface area (Å²) in [4.78, 5) is 16.6. The van der Waals surface area contributed by atoms with Crippen molar-refractivity contribution in [3.8, 4) is 0 Å². The summed E-state index contributed by atoms with van der Waals surface area (Å²) < 4.78 is 5.62. The lowest BCUT2D eigenvalue weighted by molar-refractivity contribution is 0.0169. The zero-order chi connectivity index (χ0) is 14.7. The van der Waals surface area contributed by atoms with Gasteiger partial charge in [0.15, 0.2) is 0 Å². The number of anilines is 1. The number of ether oxygens (including phenoxy) is 1. The number of nitrogens with zero attached hydrogens (tertiary/aromatic N) is 1. The van der Waals surface area contributed by atoms with Gasteiger partial charge in [-0.15, -0.1) is 0 Å². The number of nitrogens with two attached hydrogens (primary N) is 1. The maximum Gasteiger partial charge on any atom is 0.252 e. The van der Waals surface area contributed by atoms with Crippen molar-refractivity contribution in [2.24, 2.45) is 0 Å². The van der Waals surface area contributed by atoms with Gasteiger partial charge >= 0.3 is 0 Å². The van der Waals surface area contributed by atoms with Crippen LogP contribution in [0.4, 0.5) is 5.82 Å². The van der Waals surface area contributed by atoms with Gasteiger partial charge in [-0.2, -0.15) is 0 Å². The minimum Gasteiger partial charge on any atom is -0.384 e. The molecule has 110 valence electrons. The Morgan fingerprint density at radius 1 is 1.38 bits per heavy atom. The first-order chi connectivity index (χ1) is 10.2. The number of carbonyl (C=O) groups is 1. The maximum atomic E-state index is 12.4. The highest BCUT2D eigenvalue weighted by molar-refractivity contribution is 6.06. The summed E-state index contributed by atoms with van der Waals surface area (Å²) >= 11 is 0. The summed E-state index contributed by atoms with van der Waals surface area (Å²) in [5.74, 6) is 0.224. The number of aromatic nitrogens is 1. The predicted octanol–water partition coefficient (Wildman–Crippen LogP) is 2.12. The molecule has 3 rings (SSSR count). The van der Waals surface area contributed by atoms with E-state index in [1.54, 1.807) is 6.07 Å². The van der Waals surface area contributed by atoms with Gasteiger partial charge in [0.25, 0.3) is 5.91 Å². The van der Waals surface area contributed by atoms with Crippen LogP contribution < -0.4 is 11.1 Å². The molecule has 1 amide bonds. The second kappa shape index (κ2) is 6.10. The van der Waals surface area contributed by atoms with Gasteiger partial charge in [0.2, 0.25) is 0 Å². The van der Waals surface area contributed by atoms with Gasteiger partial charge in [-0.05, 0) is 31.4 Å². The third kappa shape index (κ3) is 3.13. The summed E-state index contributed by atoms with van der Waals surface area (Å²) in [6.45, 7) is 1.32. The lowest BCUT2D eigenvalue weighted by Crippen LogP contribution is -2.35. The van der Waals surface area contributed by atoms with E-state index in [2.05, 4.69) is 10.3 Å². The van der Waals surface area contributed by atoms with Crippen LogP contribution in [0.2, 0.25) is 0 Å². The normalized spacial score (nSPS) is 18.6. The Bertz CT molecular complexity index is 651. The molecule has 1 fully saturated rings. The van der Waals surface area contributed by atoms with Crippen molar-refractivity contribution in [3.63, 3.8) is 0 Å². The number of amides is 1. The minimum atomic E-state index is -0.130. The highest BCUT2D eigenvalue weighted by Crippen LogP contribution is 2.19. The number of hydrogen-bond acceptors (Lipinski definition) is 4. The van der Waals surface area contributed by atoms with Gasteiger partial charge in [-0.25, -0.2) is 4.98 Å². The fraction of sp³-hybridized carbons (Fsp3) is 0.375. The van der Waals surface area contributed by atoms with Crippen molar-refractivity contribution in [1.82, 2.24) is 10.3 Å². The number of nitrogens with one attached hydrogen (secondary N) is 1. The second-order valence-electron chi connectivity index (χ2n) is 5.31. The number of carbonyl (C=O) groups excluding carboxylic acids is 1. The molecule has 1 atom stereocenters. The Morgan fingerprint density at radius 3 is 3.05 bits per heavy atom. The fourth-order valence-corrected chi connectivity index (χ4v) is 2.65. The topological polar surface area (TPSA) is 77.2 Å². The molecule has 1 aromatic heterocycles. The number of nitrogen functional groups attached to an aromatic ring is 1. The van der Waals surface area contributed by atoms with E-state index in [9.17, 15) is 4.79 Å². The second-order valence-corrected chi connectivity index (χ2v) is 5.31. The molecular weight excluding hydrogens is 266 g/mol. The number of benzene rings is 1. The number of pyridine rings is 1. The Hall–Kier alpha value is -2.14. The molecule has 21 heavy (non-hydrogen) atoms. The van der Waals surface area contributed by atoms with Gasteiger partial charge in [0.05, 0.1) is 17.2 Å². The molecule has 3 N–H and O–H groups in total. The zero-order valence-electron chi connectivity index (χ0n) is 11.8. The molecule has 0 spiro atoms. The average Bonchev–Trinajstić information content (AvgIpc) is 2.52. The standard InChI is InChI=1S/C16H19N3O2/c17-15-9-13(12-6-1-2-7-14(12)19-15)16(20)18-10-11-5-3-4-8-21-11/h1-2,6-7,9,11H,3-5,8,10H2,(H2,17,19)(H,18,20). The van der Waals surface area contributed by atoms with E-state index in [4.69, 9.17) is 10.5 Å². The third-order valence-corrected chi connectivity index (χ3v) is 3.74. The summed E-state index contributed by atoms with van der Waals surface area (Å²) in [5, 5.41) is 3.75. The molecule has 5 heteroatoms. The van der Waals surface area contributed by atoms with Crippen LogP contribution >= 0.6 is 0 Å². The monoisotopic (exact) mass is 285 g/mol. The minimum absolute atomic E-state index is 0.119. The van der Waals surface area contributed by atoms with Crippen LogP contribution in [-0.4, -0.2) is 30.1 Å². The first kappa shape index (κ1) is 13.8. The summed E-state index contributed by atoms with van der Waals surface area (Å²) in [7, 11) is 0. The lowest BCUT2D eigenvalue weighted by atomic mass is 10.1. The van der Waals surface area contributed by atoms with Crippen molar-refractivity contribution >= 4 is 22.6 Å². The molecule has 0 radical (unpaired) electrons. The van der Waals surface area contributed by atoms with Crippen molar-refractivity contribution in [3.05, 3.63) is 35.9 Å². The molecule has 1 aromatic carbocycles. The van der Waals surface area contributed by atoms with Crippen molar-refractivity contribution in [2.75, 3.05) is 18.9 Å². The van der Waals surface area contributed by atoms with E-state index in [0.29, 0.717) is 17.9 Å². The number of para-hydroxylation sites is 1. The molecule has 1 aliphatic rings. The molecule has 2 heterocycles. The Balaban J connectivity index is 1.77. The molecule has 2 aromatic rings.